The van der Waals surface area contributed by atoms with Crippen molar-refractivity contribution < 1.29 is 4.79 Å². The van der Waals surface area contributed by atoms with Gasteiger partial charge in [0.15, 0.2) is 0 Å². The van der Waals surface area contributed by atoms with Crippen LogP contribution in [0.4, 0.5) is 0 Å². The van der Waals surface area contributed by atoms with Gasteiger partial charge in [-0.15, -0.1) is 0 Å². The van der Waals surface area contributed by atoms with E-state index in [-0.39, 0.29) is 11.9 Å². The molecule has 0 aromatic carbocycles. The van der Waals surface area contributed by atoms with Crippen molar-refractivity contribution in [1.82, 2.24) is 10.2 Å². The van der Waals surface area contributed by atoms with Gasteiger partial charge in [0.1, 0.15) is 0 Å². The first-order chi connectivity index (χ1) is 8.15. The average Bonchev–Trinajstić information content (AvgIpc) is 2.88. The summed E-state index contributed by atoms with van der Waals surface area (Å²) in [6.07, 6.45) is 5.99. The SMILES string of the molecule is CC(N)C1CCN(CC(=O)NC2CCCC2)C1. The molecule has 2 unspecified atom stereocenters. The molecule has 1 saturated carbocycles. The van der Waals surface area contributed by atoms with E-state index >= 15 is 0 Å². The Morgan fingerprint density at radius 3 is 2.71 bits per heavy atom. The fourth-order valence-corrected chi connectivity index (χ4v) is 2.98. The van der Waals surface area contributed by atoms with Crippen LogP contribution < -0.4 is 11.1 Å². The van der Waals surface area contributed by atoms with Gasteiger partial charge in [-0.3, -0.25) is 9.69 Å². The number of amides is 1. The third-order valence-corrected chi connectivity index (χ3v) is 4.14. The van der Waals surface area contributed by atoms with Gasteiger partial charge in [-0.2, -0.15) is 0 Å². The lowest BCUT2D eigenvalue weighted by molar-refractivity contribution is -0.122. The van der Waals surface area contributed by atoms with E-state index in [1.165, 1.54) is 12.8 Å². The highest BCUT2D eigenvalue weighted by atomic mass is 16.2. The van der Waals surface area contributed by atoms with Crippen LogP contribution in [-0.2, 0) is 4.79 Å². The Morgan fingerprint density at radius 2 is 2.12 bits per heavy atom. The van der Waals surface area contributed by atoms with Crippen LogP contribution in [0.15, 0.2) is 0 Å². The number of carbonyl (C=O) groups is 1. The van der Waals surface area contributed by atoms with Crippen molar-refractivity contribution in [2.45, 2.75) is 51.1 Å². The molecule has 1 heterocycles. The molecule has 1 amide bonds. The van der Waals surface area contributed by atoms with Gasteiger partial charge in [-0.25, -0.2) is 0 Å². The van der Waals surface area contributed by atoms with Gasteiger partial charge in [0, 0.05) is 18.6 Å². The maximum atomic E-state index is 11.8. The summed E-state index contributed by atoms with van der Waals surface area (Å²) in [5.41, 5.74) is 5.90. The Labute approximate surface area is 104 Å². The molecule has 2 atom stereocenters. The van der Waals surface area contributed by atoms with Gasteiger partial charge < -0.3 is 11.1 Å². The number of hydrogen-bond acceptors (Lipinski definition) is 3. The molecule has 2 rings (SSSR count). The summed E-state index contributed by atoms with van der Waals surface area (Å²) in [5.74, 6) is 0.761. The van der Waals surface area contributed by atoms with Crippen LogP contribution in [0.3, 0.4) is 0 Å². The molecular formula is C13H25N3O. The Bertz CT molecular complexity index is 261. The number of nitrogens with two attached hydrogens (primary N) is 1. The monoisotopic (exact) mass is 239 g/mol. The molecule has 0 aromatic rings. The quantitative estimate of drug-likeness (QED) is 0.760. The molecular weight excluding hydrogens is 214 g/mol. The van der Waals surface area contributed by atoms with Crippen LogP contribution >= 0.6 is 0 Å². The van der Waals surface area contributed by atoms with Crippen LogP contribution in [0.5, 0.6) is 0 Å². The Morgan fingerprint density at radius 1 is 1.41 bits per heavy atom. The molecule has 1 saturated heterocycles. The summed E-state index contributed by atoms with van der Waals surface area (Å²) in [7, 11) is 0. The minimum atomic E-state index is 0.197. The first-order valence-electron chi connectivity index (χ1n) is 6.92. The van der Waals surface area contributed by atoms with Gasteiger partial charge in [0.2, 0.25) is 5.91 Å². The second-order valence-electron chi connectivity index (χ2n) is 5.69. The maximum Gasteiger partial charge on any atom is 0.234 e. The number of nitrogens with one attached hydrogen (secondary N) is 1. The highest BCUT2D eigenvalue weighted by Crippen LogP contribution is 2.19. The first kappa shape index (κ1) is 12.8. The van der Waals surface area contributed by atoms with Crippen LogP contribution in [0.2, 0.25) is 0 Å². The van der Waals surface area contributed by atoms with E-state index in [2.05, 4.69) is 17.1 Å². The topological polar surface area (TPSA) is 58.4 Å². The molecule has 98 valence electrons. The third-order valence-electron chi connectivity index (χ3n) is 4.14. The van der Waals surface area contributed by atoms with Crippen molar-refractivity contribution in [2.75, 3.05) is 19.6 Å². The lowest BCUT2D eigenvalue weighted by Crippen LogP contribution is -2.41. The predicted molar refractivity (Wildman–Crippen MR) is 68.6 cm³/mol. The molecule has 0 spiro atoms. The minimum Gasteiger partial charge on any atom is -0.352 e. The zero-order valence-corrected chi connectivity index (χ0v) is 10.8. The van der Waals surface area contributed by atoms with Crippen LogP contribution in [0, 0.1) is 5.92 Å². The number of carbonyl (C=O) groups excluding carboxylic acids is 1. The maximum absolute atomic E-state index is 11.8. The molecule has 1 aliphatic carbocycles. The first-order valence-corrected chi connectivity index (χ1v) is 6.92. The van der Waals surface area contributed by atoms with Crippen molar-refractivity contribution in [3.8, 4) is 0 Å². The van der Waals surface area contributed by atoms with Crippen molar-refractivity contribution in [3.05, 3.63) is 0 Å². The molecule has 0 aromatic heterocycles. The fourth-order valence-electron chi connectivity index (χ4n) is 2.98. The number of rotatable bonds is 4. The van der Waals surface area contributed by atoms with Gasteiger partial charge in [-0.1, -0.05) is 12.8 Å². The zero-order valence-electron chi connectivity index (χ0n) is 10.8. The number of hydrogen-bond donors (Lipinski definition) is 2. The van der Waals surface area contributed by atoms with E-state index in [0.29, 0.717) is 18.5 Å². The van der Waals surface area contributed by atoms with Crippen molar-refractivity contribution >= 4 is 5.91 Å². The van der Waals surface area contributed by atoms with Crippen molar-refractivity contribution in [3.63, 3.8) is 0 Å². The number of nitrogens with zero attached hydrogens (tertiary/aromatic N) is 1. The highest BCUT2D eigenvalue weighted by Gasteiger charge is 2.27. The summed E-state index contributed by atoms with van der Waals surface area (Å²) < 4.78 is 0. The Kier molecular flexibility index (Phi) is 4.40. The largest absolute Gasteiger partial charge is 0.352 e. The summed E-state index contributed by atoms with van der Waals surface area (Å²) in [6.45, 7) is 4.62. The Balaban J connectivity index is 1.68. The lowest BCUT2D eigenvalue weighted by Gasteiger charge is -2.19. The molecule has 17 heavy (non-hydrogen) atoms. The highest BCUT2D eigenvalue weighted by molar-refractivity contribution is 5.78. The summed E-state index contributed by atoms with van der Waals surface area (Å²) in [5, 5.41) is 3.14. The van der Waals surface area contributed by atoms with Crippen LogP contribution in [-0.4, -0.2) is 42.5 Å². The van der Waals surface area contributed by atoms with Crippen molar-refractivity contribution in [1.29, 1.82) is 0 Å². The lowest BCUT2D eigenvalue weighted by atomic mass is 10.0. The van der Waals surface area contributed by atoms with Crippen molar-refractivity contribution in [2.24, 2.45) is 11.7 Å². The van der Waals surface area contributed by atoms with Crippen LogP contribution in [0.25, 0.3) is 0 Å². The zero-order chi connectivity index (χ0) is 12.3. The Hall–Kier alpha value is -0.610. The van der Waals surface area contributed by atoms with Gasteiger partial charge in [0.05, 0.1) is 6.54 Å². The van der Waals surface area contributed by atoms with Crippen LogP contribution in [0.1, 0.15) is 39.0 Å². The number of likely N-dealkylation sites (tertiary alicyclic amines) is 1. The smallest absolute Gasteiger partial charge is 0.234 e. The minimum absolute atomic E-state index is 0.197. The molecule has 4 heteroatoms. The van der Waals surface area contributed by atoms with E-state index in [4.69, 9.17) is 5.73 Å². The summed E-state index contributed by atoms with van der Waals surface area (Å²) in [4.78, 5) is 14.1. The molecule has 2 fully saturated rings. The van der Waals surface area contributed by atoms with Gasteiger partial charge in [-0.05, 0) is 38.6 Å². The summed E-state index contributed by atoms with van der Waals surface area (Å²) in [6, 6.07) is 0.687. The fraction of sp³-hybridized carbons (Fsp3) is 0.923. The molecule has 4 nitrogen and oxygen atoms in total. The third kappa shape index (κ3) is 3.68. The second kappa shape index (κ2) is 5.83. The average molecular weight is 239 g/mol. The second-order valence-corrected chi connectivity index (χ2v) is 5.69. The summed E-state index contributed by atoms with van der Waals surface area (Å²) >= 11 is 0. The normalized spacial score (nSPS) is 28.5. The standard InChI is InChI=1S/C13H25N3O/c1-10(14)11-6-7-16(8-11)9-13(17)15-12-4-2-3-5-12/h10-12H,2-9,14H2,1H3,(H,15,17). The van der Waals surface area contributed by atoms with Gasteiger partial charge >= 0.3 is 0 Å². The van der Waals surface area contributed by atoms with E-state index in [1.807, 2.05) is 0 Å². The molecule has 3 N–H and O–H groups in total. The molecule has 2 aliphatic rings. The van der Waals surface area contributed by atoms with E-state index in [9.17, 15) is 4.79 Å². The van der Waals surface area contributed by atoms with E-state index in [1.54, 1.807) is 0 Å². The van der Waals surface area contributed by atoms with E-state index < -0.39 is 0 Å². The van der Waals surface area contributed by atoms with E-state index in [0.717, 1.165) is 32.4 Å². The molecule has 1 aliphatic heterocycles. The predicted octanol–water partition coefficient (Wildman–Crippen LogP) is 0.714. The molecule has 0 bridgehead atoms. The molecule has 0 radical (unpaired) electrons. The van der Waals surface area contributed by atoms with Gasteiger partial charge in [0.25, 0.3) is 0 Å².